The van der Waals surface area contributed by atoms with E-state index in [0.29, 0.717) is 27.8 Å². The smallest absolute Gasteiger partial charge is 0.229 e. The molecule has 1 heterocycles. The highest BCUT2D eigenvalue weighted by molar-refractivity contribution is 6.32. The summed E-state index contributed by atoms with van der Waals surface area (Å²) in [6.07, 6.45) is 0.151. The topological polar surface area (TPSA) is 73.2 Å². The minimum Gasteiger partial charge on any atom is -0.325 e. The summed E-state index contributed by atoms with van der Waals surface area (Å²) in [5.41, 5.74) is 3.56. The molecule has 0 spiro atoms. The van der Waals surface area contributed by atoms with Gasteiger partial charge in [0.15, 0.2) is 0 Å². The van der Waals surface area contributed by atoms with Crippen LogP contribution in [0.5, 0.6) is 0 Å². The molecule has 0 aromatic heterocycles. The van der Waals surface area contributed by atoms with Crippen molar-refractivity contribution in [3.63, 3.8) is 0 Å². The third-order valence-corrected chi connectivity index (χ3v) is 6.39. The molecule has 2 unspecified atom stereocenters. The van der Waals surface area contributed by atoms with Crippen LogP contribution in [0.4, 0.5) is 11.4 Å². The van der Waals surface area contributed by atoms with Crippen molar-refractivity contribution in [2.75, 3.05) is 16.8 Å². The predicted molar refractivity (Wildman–Crippen MR) is 131 cm³/mol. The summed E-state index contributed by atoms with van der Waals surface area (Å²) in [5.74, 6) is -1.34. The number of rotatable bonds is 5. The maximum Gasteiger partial charge on any atom is 0.229 e. The number of nitrogens with one attached hydrogen (secondary N) is 1. The van der Waals surface area contributed by atoms with Gasteiger partial charge in [-0.2, -0.15) is 5.26 Å². The average Bonchev–Trinajstić information content (AvgIpc) is 3.21. The molecule has 0 saturated carbocycles. The number of carbonyl (C=O) groups excluding carboxylic acids is 2. The Bertz CT molecular complexity index is 1240. The zero-order chi connectivity index (χ0) is 23.5. The molecule has 2 atom stereocenters. The normalized spacial score (nSPS) is 16.4. The molecule has 166 valence electrons. The lowest BCUT2D eigenvalue weighted by atomic mass is 9.91. The largest absolute Gasteiger partial charge is 0.325 e. The number of halogens is 2. The predicted octanol–water partition coefficient (Wildman–Crippen LogP) is 5.95. The molecule has 7 heteroatoms. The van der Waals surface area contributed by atoms with Crippen molar-refractivity contribution in [1.82, 2.24) is 0 Å². The minimum absolute atomic E-state index is 0.0775. The number of nitriles is 1. The lowest BCUT2D eigenvalue weighted by Gasteiger charge is -2.18. The summed E-state index contributed by atoms with van der Waals surface area (Å²) in [4.78, 5) is 27.0. The van der Waals surface area contributed by atoms with Gasteiger partial charge in [0.05, 0.1) is 17.9 Å². The second-order valence-electron chi connectivity index (χ2n) is 8.03. The van der Waals surface area contributed by atoms with Crippen molar-refractivity contribution in [2.45, 2.75) is 19.3 Å². The van der Waals surface area contributed by atoms with E-state index in [9.17, 15) is 14.9 Å². The summed E-state index contributed by atoms with van der Waals surface area (Å²) in [6, 6.07) is 22.2. The molecule has 1 N–H and O–H groups in total. The molecule has 2 amide bonds. The molecule has 1 aliphatic rings. The Kier molecular flexibility index (Phi) is 6.69. The van der Waals surface area contributed by atoms with Crippen LogP contribution in [-0.2, 0) is 9.59 Å². The fraction of sp³-hybridized carbons (Fsp3) is 0.192. The van der Waals surface area contributed by atoms with Gasteiger partial charge in [0.25, 0.3) is 0 Å². The number of benzene rings is 3. The van der Waals surface area contributed by atoms with Crippen LogP contribution in [-0.4, -0.2) is 18.4 Å². The van der Waals surface area contributed by atoms with Gasteiger partial charge in [0.1, 0.15) is 0 Å². The Labute approximate surface area is 202 Å². The quantitative estimate of drug-likeness (QED) is 0.493. The Morgan fingerprint density at radius 3 is 2.48 bits per heavy atom. The Balaban J connectivity index is 1.52. The molecule has 33 heavy (non-hydrogen) atoms. The van der Waals surface area contributed by atoms with Gasteiger partial charge in [-0.25, -0.2) is 0 Å². The summed E-state index contributed by atoms with van der Waals surface area (Å²) >= 11 is 12.5. The molecule has 1 aliphatic heterocycles. The Hall–Kier alpha value is -3.33. The van der Waals surface area contributed by atoms with Gasteiger partial charge in [-0.1, -0.05) is 59.6 Å². The molecule has 1 fully saturated rings. The van der Waals surface area contributed by atoms with Crippen LogP contribution in [0.25, 0.3) is 0 Å². The number of aryl methyl sites for hydroxylation is 1. The molecular weight excluding hydrogens is 457 g/mol. The second kappa shape index (κ2) is 9.66. The van der Waals surface area contributed by atoms with Crippen molar-refractivity contribution in [3.05, 3.63) is 93.5 Å². The van der Waals surface area contributed by atoms with E-state index >= 15 is 0 Å². The highest BCUT2D eigenvalue weighted by Crippen LogP contribution is 2.35. The van der Waals surface area contributed by atoms with Crippen LogP contribution < -0.4 is 10.2 Å². The van der Waals surface area contributed by atoms with Crippen LogP contribution in [0.3, 0.4) is 0 Å². The molecule has 0 bridgehead atoms. The summed E-state index contributed by atoms with van der Waals surface area (Å²) in [5, 5.41) is 13.7. The van der Waals surface area contributed by atoms with Crippen molar-refractivity contribution in [3.8, 4) is 6.07 Å². The standard InChI is InChI=1S/C26H21Cl2N3O2/c1-16-11-21(22(14-29)17-7-9-19(27)10-8-17)23(28)13-24(16)30-26(33)18-12-25(32)31(15-18)20-5-3-2-4-6-20/h2-11,13,18,22H,12,15H2,1H3,(H,30,33). The van der Waals surface area contributed by atoms with Gasteiger partial charge in [-0.3, -0.25) is 9.59 Å². The van der Waals surface area contributed by atoms with Crippen LogP contribution in [0, 0.1) is 24.2 Å². The lowest BCUT2D eigenvalue weighted by molar-refractivity contribution is -0.122. The van der Waals surface area contributed by atoms with Gasteiger partial charge < -0.3 is 10.2 Å². The van der Waals surface area contributed by atoms with Gasteiger partial charge in [-0.15, -0.1) is 0 Å². The highest BCUT2D eigenvalue weighted by Gasteiger charge is 2.35. The van der Waals surface area contributed by atoms with E-state index in [1.54, 1.807) is 35.2 Å². The van der Waals surface area contributed by atoms with Crippen LogP contribution in [0.1, 0.15) is 29.0 Å². The lowest BCUT2D eigenvalue weighted by Crippen LogP contribution is -2.28. The van der Waals surface area contributed by atoms with Gasteiger partial charge in [-0.05, 0) is 53.9 Å². The summed E-state index contributed by atoms with van der Waals surface area (Å²) in [6.45, 7) is 2.18. The van der Waals surface area contributed by atoms with E-state index in [1.807, 2.05) is 43.3 Å². The maximum absolute atomic E-state index is 12.9. The van der Waals surface area contributed by atoms with Gasteiger partial charge >= 0.3 is 0 Å². The summed E-state index contributed by atoms with van der Waals surface area (Å²) < 4.78 is 0. The van der Waals surface area contributed by atoms with Gasteiger partial charge in [0.2, 0.25) is 11.8 Å². The maximum atomic E-state index is 12.9. The first kappa shape index (κ1) is 22.8. The van der Waals surface area contributed by atoms with E-state index in [1.165, 1.54) is 0 Å². The first-order chi connectivity index (χ1) is 15.9. The highest BCUT2D eigenvalue weighted by atomic mass is 35.5. The third kappa shape index (κ3) is 4.88. The first-order valence-corrected chi connectivity index (χ1v) is 11.2. The summed E-state index contributed by atoms with van der Waals surface area (Å²) in [7, 11) is 0. The molecule has 5 nitrogen and oxygen atoms in total. The number of amides is 2. The number of carbonyl (C=O) groups is 2. The number of hydrogen-bond acceptors (Lipinski definition) is 3. The molecule has 0 aliphatic carbocycles. The fourth-order valence-corrected chi connectivity index (χ4v) is 4.41. The average molecular weight is 478 g/mol. The SMILES string of the molecule is Cc1cc(C(C#N)c2ccc(Cl)cc2)c(Cl)cc1NC(=O)C1CC(=O)N(c2ccccc2)C1. The van der Waals surface area contributed by atoms with Crippen molar-refractivity contribution >= 4 is 46.4 Å². The van der Waals surface area contributed by atoms with Crippen LogP contribution in [0.2, 0.25) is 10.0 Å². The molecule has 0 radical (unpaired) electrons. The fourth-order valence-electron chi connectivity index (χ4n) is 4.01. The Morgan fingerprint density at radius 2 is 1.82 bits per heavy atom. The van der Waals surface area contributed by atoms with Crippen molar-refractivity contribution in [2.24, 2.45) is 5.92 Å². The molecule has 4 rings (SSSR count). The van der Waals surface area contributed by atoms with Crippen LogP contribution in [0.15, 0.2) is 66.7 Å². The van der Waals surface area contributed by atoms with E-state index < -0.39 is 11.8 Å². The minimum atomic E-state index is -0.565. The number of para-hydroxylation sites is 1. The second-order valence-corrected chi connectivity index (χ2v) is 8.88. The Morgan fingerprint density at radius 1 is 1.12 bits per heavy atom. The van der Waals surface area contributed by atoms with E-state index in [2.05, 4.69) is 11.4 Å². The van der Waals surface area contributed by atoms with Crippen LogP contribution >= 0.6 is 23.2 Å². The molecule has 3 aromatic carbocycles. The molecule has 1 saturated heterocycles. The van der Waals surface area contributed by atoms with Crippen molar-refractivity contribution < 1.29 is 9.59 Å². The number of nitrogens with zero attached hydrogens (tertiary/aromatic N) is 2. The molecule has 3 aromatic rings. The van der Waals surface area contributed by atoms with E-state index in [0.717, 1.165) is 16.8 Å². The number of anilines is 2. The van der Waals surface area contributed by atoms with E-state index in [4.69, 9.17) is 23.2 Å². The number of hydrogen-bond donors (Lipinski definition) is 1. The third-order valence-electron chi connectivity index (χ3n) is 5.81. The van der Waals surface area contributed by atoms with Gasteiger partial charge in [0, 0.05) is 34.4 Å². The molecular formula is C26H21Cl2N3O2. The monoisotopic (exact) mass is 477 g/mol. The van der Waals surface area contributed by atoms with Crippen molar-refractivity contribution in [1.29, 1.82) is 5.26 Å². The zero-order valence-electron chi connectivity index (χ0n) is 17.9. The zero-order valence-corrected chi connectivity index (χ0v) is 19.4. The van der Waals surface area contributed by atoms with E-state index in [-0.39, 0.29) is 18.2 Å². The first-order valence-electron chi connectivity index (χ1n) is 10.5.